The second kappa shape index (κ2) is 2.93. The smallest absolute Gasteiger partial charge is 0.339 e. The van der Waals surface area contributed by atoms with Gasteiger partial charge in [-0.05, 0) is 13.3 Å². The molecule has 0 aromatic rings. The number of carbonyl (C=O) groups excluding carboxylic acids is 2. The van der Waals surface area contributed by atoms with Crippen molar-refractivity contribution in [1.29, 1.82) is 0 Å². The topological polar surface area (TPSA) is 95.9 Å². The number of esters is 1. The Morgan fingerprint density at radius 3 is 2.67 bits per heavy atom. The van der Waals surface area contributed by atoms with Crippen molar-refractivity contribution in [3.8, 4) is 0 Å². The van der Waals surface area contributed by atoms with E-state index in [1.165, 1.54) is 0 Å². The predicted molar refractivity (Wildman–Crippen MR) is 46.8 cm³/mol. The molecule has 0 aromatic carbocycles. The molecule has 3 atom stereocenters. The number of nitrogens with one attached hydrogen (secondary N) is 1. The molecule has 0 spiro atoms. The first-order chi connectivity index (χ1) is 7.02. The van der Waals surface area contributed by atoms with Crippen LogP contribution in [0.2, 0.25) is 0 Å². The number of aliphatic hydroxyl groups excluding tert-OH is 2. The van der Waals surface area contributed by atoms with Gasteiger partial charge in [-0.15, -0.1) is 0 Å². The summed E-state index contributed by atoms with van der Waals surface area (Å²) in [5.74, 6) is -1.67. The molecule has 0 unspecified atom stereocenters. The SMILES string of the molecule is C[C@@]12OC(=O)[C@]1([CH]O)NC(=O)[C@@H]2CCO. The van der Waals surface area contributed by atoms with E-state index in [0.717, 1.165) is 0 Å². The van der Waals surface area contributed by atoms with Crippen LogP contribution in [0.3, 0.4) is 0 Å². The molecule has 2 saturated heterocycles. The summed E-state index contributed by atoms with van der Waals surface area (Å²) in [5.41, 5.74) is -2.51. The van der Waals surface area contributed by atoms with Gasteiger partial charge in [0.05, 0.1) is 5.92 Å². The van der Waals surface area contributed by atoms with Crippen LogP contribution in [0.5, 0.6) is 0 Å². The molecule has 2 fully saturated rings. The lowest BCUT2D eigenvalue weighted by Crippen LogP contribution is -2.74. The third-order valence-electron chi connectivity index (χ3n) is 3.32. The molecule has 1 amide bonds. The Kier molecular flexibility index (Phi) is 2.03. The van der Waals surface area contributed by atoms with Crippen molar-refractivity contribution in [3.63, 3.8) is 0 Å². The quantitative estimate of drug-likeness (QED) is 0.508. The molecule has 0 bridgehead atoms. The van der Waals surface area contributed by atoms with Crippen LogP contribution in [-0.4, -0.2) is 39.8 Å². The molecular weight excluding hydrogens is 202 g/mol. The van der Waals surface area contributed by atoms with Crippen LogP contribution in [0, 0.1) is 12.5 Å². The van der Waals surface area contributed by atoms with Gasteiger partial charge in [0, 0.05) is 6.61 Å². The molecule has 0 aliphatic carbocycles. The Morgan fingerprint density at radius 2 is 2.27 bits per heavy atom. The lowest BCUT2D eigenvalue weighted by molar-refractivity contribution is -0.219. The summed E-state index contributed by atoms with van der Waals surface area (Å²) in [6.45, 7) is 2.06. The summed E-state index contributed by atoms with van der Waals surface area (Å²) in [5, 5.41) is 20.3. The molecule has 6 heteroatoms. The molecule has 2 aliphatic heterocycles. The number of ether oxygens (including phenoxy) is 1. The van der Waals surface area contributed by atoms with E-state index in [1.54, 1.807) is 6.92 Å². The van der Waals surface area contributed by atoms with Gasteiger partial charge in [-0.1, -0.05) is 0 Å². The molecular formula is C9H12NO5. The van der Waals surface area contributed by atoms with E-state index >= 15 is 0 Å². The molecule has 6 nitrogen and oxygen atoms in total. The van der Waals surface area contributed by atoms with Crippen LogP contribution in [0.15, 0.2) is 0 Å². The summed E-state index contributed by atoms with van der Waals surface area (Å²) in [4.78, 5) is 22.8. The van der Waals surface area contributed by atoms with Crippen molar-refractivity contribution in [2.24, 2.45) is 5.92 Å². The zero-order valence-corrected chi connectivity index (χ0v) is 8.19. The van der Waals surface area contributed by atoms with Gasteiger partial charge in [-0.2, -0.15) is 0 Å². The van der Waals surface area contributed by atoms with E-state index in [0.29, 0.717) is 6.61 Å². The molecule has 15 heavy (non-hydrogen) atoms. The lowest BCUT2D eigenvalue weighted by Gasteiger charge is -2.49. The molecule has 2 heterocycles. The van der Waals surface area contributed by atoms with Gasteiger partial charge in [0.2, 0.25) is 11.4 Å². The summed E-state index contributed by atoms with van der Waals surface area (Å²) < 4.78 is 4.96. The van der Waals surface area contributed by atoms with E-state index in [1.807, 2.05) is 0 Å². The summed E-state index contributed by atoms with van der Waals surface area (Å²) >= 11 is 0. The van der Waals surface area contributed by atoms with Crippen LogP contribution in [0.1, 0.15) is 13.3 Å². The first-order valence-corrected chi connectivity index (χ1v) is 4.67. The van der Waals surface area contributed by atoms with Crippen molar-refractivity contribution in [2.45, 2.75) is 24.5 Å². The number of rotatable bonds is 3. The zero-order valence-electron chi connectivity index (χ0n) is 8.19. The van der Waals surface area contributed by atoms with Crippen molar-refractivity contribution in [3.05, 3.63) is 6.61 Å². The third-order valence-corrected chi connectivity index (χ3v) is 3.32. The standard InChI is InChI=1S/C9H12NO5/c1-8-5(2-3-11)6(13)10-9(8,4-12)7(14)15-8/h4-5,11-12H,2-3H2,1H3,(H,10,13)/t5-,8-,9-/m0/s1. The fourth-order valence-corrected chi connectivity index (χ4v) is 2.31. The van der Waals surface area contributed by atoms with Crippen molar-refractivity contribution in [1.82, 2.24) is 5.32 Å². The van der Waals surface area contributed by atoms with Gasteiger partial charge in [-0.3, -0.25) is 4.79 Å². The number of hydrogen-bond donors (Lipinski definition) is 3. The summed E-state index contributed by atoms with van der Waals surface area (Å²) in [7, 11) is 0. The van der Waals surface area contributed by atoms with Gasteiger partial charge < -0.3 is 20.3 Å². The highest BCUT2D eigenvalue weighted by Crippen LogP contribution is 2.50. The highest BCUT2D eigenvalue weighted by molar-refractivity contribution is 6.02. The monoisotopic (exact) mass is 214 g/mol. The fraction of sp³-hybridized carbons (Fsp3) is 0.667. The minimum atomic E-state index is -1.43. The van der Waals surface area contributed by atoms with E-state index in [2.05, 4.69) is 5.32 Å². The molecule has 3 N–H and O–H groups in total. The van der Waals surface area contributed by atoms with Crippen molar-refractivity contribution < 1.29 is 24.5 Å². The van der Waals surface area contributed by atoms with Crippen molar-refractivity contribution >= 4 is 11.9 Å². The van der Waals surface area contributed by atoms with Gasteiger partial charge in [0.1, 0.15) is 6.61 Å². The highest BCUT2D eigenvalue weighted by atomic mass is 16.6. The lowest BCUT2D eigenvalue weighted by atomic mass is 9.71. The van der Waals surface area contributed by atoms with Crippen LogP contribution < -0.4 is 5.32 Å². The van der Waals surface area contributed by atoms with Crippen LogP contribution >= 0.6 is 0 Å². The minimum Gasteiger partial charge on any atom is -0.453 e. The number of aliphatic hydroxyl groups is 2. The first-order valence-electron chi connectivity index (χ1n) is 4.67. The van der Waals surface area contributed by atoms with Crippen LogP contribution in [0.4, 0.5) is 0 Å². The average Bonchev–Trinajstić information content (AvgIpc) is 2.36. The number of carbonyl (C=O) groups is 2. The number of hydrogen-bond acceptors (Lipinski definition) is 5. The zero-order chi connectivity index (χ0) is 11.3. The Balaban J connectivity index is 2.34. The Bertz CT molecular complexity index is 330. The Labute approximate surface area is 86.2 Å². The maximum Gasteiger partial charge on any atom is 0.339 e. The normalized spacial score (nSPS) is 43.0. The van der Waals surface area contributed by atoms with E-state index < -0.39 is 23.0 Å². The molecule has 2 rings (SSSR count). The number of amides is 1. The predicted octanol–water partition coefficient (Wildman–Crippen LogP) is -1.30. The maximum absolute atomic E-state index is 11.6. The molecule has 0 aromatic heterocycles. The first kappa shape index (κ1) is 10.4. The van der Waals surface area contributed by atoms with Gasteiger partial charge >= 0.3 is 5.97 Å². The Hall–Kier alpha value is -1.14. The summed E-state index contributed by atoms with van der Waals surface area (Å²) in [6.07, 6.45) is 0.200. The second-order valence-electron chi connectivity index (χ2n) is 3.99. The fourth-order valence-electron chi connectivity index (χ4n) is 2.31. The molecule has 83 valence electrons. The van der Waals surface area contributed by atoms with Crippen LogP contribution in [-0.2, 0) is 14.3 Å². The largest absolute Gasteiger partial charge is 0.453 e. The summed E-state index contributed by atoms with van der Waals surface area (Å²) in [6, 6.07) is 0. The number of fused-ring (bicyclic) bond motifs is 1. The van der Waals surface area contributed by atoms with E-state index in [-0.39, 0.29) is 18.9 Å². The molecule has 2 aliphatic rings. The highest BCUT2D eigenvalue weighted by Gasteiger charge is 2.76. The van der Waals surface area contributed by atoms with Crippen molar-refractivity contribution in [2.75, 3.05) is 6.61 Å². The maximum atomic E-state index is 11.6. The van der Waals surface area contributed by atoms with Gasteiger partial charge in [0.15, 0.2) is 5.60 Å². The average molecular weight is 214 g/mol. The molecule has 0 saturated carbocycles. The Morgan fingerprint density at radius 1 is 1.60 bits per heavy atom. The van der Waals surface area contributed by atoms with Crippen LogP contribution in [0.25, 0.3) is 0 Å². The van der Waals surface area contributed by atoms with Gasteiger partial charge in [-0.25, -0.2) is 4.79 Å². The molecule has 1 radical (unpaired) electrons. The third kappa shape index (κ3) is 0.955. The minimum absolute atomic E-state index is 0.174. The van der Waals surface area contributed by atoms with Gasteiger partial charge in [0.25, 0.3) is 0 Å². The van der Waals surface area contributed by atoms with E-state index in [9.17, 15) is 9.59 Å². The van der Waals surface area contributed by atoms with E-state index in [4.69, 9.17) is 14.9 Å². The second-order valence-corrected chi connectivity index (χ2v) is 3.99.